The number of sulfonamides is 1. The standard InChI is InChI=1S/C24H28F2N6O2S/c1-24(2,27)18-5-8-28-22-17(18)11-14(12-19(22)25)21-20(26)13-29-23(31-21)30-15-6-9-32(10-7-15)35(33,34)16-3-4-16/h5,8,11-13,15-16H,3-4,6-7,9-10,27H2,1-2H3,(H,29,30,31). The molecule has 1 aliphatic carbocycles. The molecule has 1 saturated heterocycles. The van der Waals surface area contributed by atoms with Crippen LogP contribution in [-0.2, 0) is 15.6 Å². The lowest BCUT2D eigenvalue weighted by Gasteiger charge is -2.31. The average molecular weight is 503 g/mol. The van der Waals surface area contributed by atoms with Crippen molar-refractivity contribution in [2.45, 2.75) is 56.4 Å². The summed E-state index contributed by atoms with van der Waals surface area (Å²) < 4.78 is 56.2. The highest BCUT2D eigenvalue weighted by Gasteiger charge is 2.41. The summed E-state index contributed by atoms with van der Waals surface area (Å²) >= 11 is 0. The molecule has 3 heterocycles. The maximum absolute atomic E-state index is 15.0. The Morgan fingerprint density at radius 3 is 2.46 bits per heavy atom. The molecule has 186 valence electrons. The minimum absolute atomic E-state index is 0.0401. The first-order chi connectivity index (χ1) is 16.5. The maximum atomic E-state index is 15.0. The highest BCUT2D eigenvalue weighted by molar-refractivity contribution is 7.90. The van der Waals surface area contributed by atoms with Crippen molar-refractivity contribution in [3.05, 3.63) is 47.8 Å². The van der Waals surface area contributed by atoms with Gasteiger partial charge in [0.25, 0.3) is 0 Å². The normalized spacial score (nSPS) is 18.2. The zero-order valence-electron chi connectivity index (χ0n) is 19.6. The van der Waals surface area contributed by atoms with E-state index >= 15 is 0 Å². The molecule has 5 rings (SSSR count). The monoisotopic (exact) mass is 502 g/mol. The Balaban J connectivity index is 1.40. The third-order valence-electron chi connectivity index (χ3n) is 6.60. The van der Waals surface area contributed by atoms with E-state index < -0.39 is 27.2 Å². The number of fused-ring (bicyclic) bond motifs is 1. The second-order valence-electron chi connectivity index (χ2n) is 9.89. The molecular weight excluding hydrogens is 474 g/mol. The van der Waals surface area contributed by atoms with Crippen LogP contribution in [0.5, 0.6) is 0 Å². The lowest BCUT2D eigenvalue weighted by molar-refractivity contribution is 0.328. The molecule has 0 bridgehead atoms. The van der Waals surface area contributed by atoms with Crippen LogP contribution in [0.1, 0.15) is 45.1 Å². The molecule has 3 N–H and O–H groups in total. The number of anilines is 1. The number of hydrogen-bond acceptors (Lipinski definition) is 7. The van der Waals surface area contributed by atoms with Crippen LogP contribution in [0.4, 0.5) is 14.7 Å². The summed E-state index contributed by atoms with van der Waals surface area (Å²) in [6, 6.07) is 4.52. The van der Waals surface area contributed by atoms with Gasteiger partial charge in [0, 0.05) is 41.8 Å². The van der Waals surface area contributed by atoms with Crippen molar-refractivity contribution in [1.29, 1.82) is 0 Å². The predicted molar refractivity (Wildman–Crippen MR) is 130 cm³/mol. The molecule has 0 radical (unpaired) electrons. The molecule has 11 heteroatoms. The maximum Gasteiger partial charge on any atom is 0.223 e. The largest absolute Gasteiger partial charge is 0.351 e. The van der Waals surface area contributed by atoms with E-state index in [1.165, 1.54) is 12.3 Å². The topological polar surface area (TPSA) is 114 Å². The molecular formula is C24H28F2N6O2S. The number of nitrogens with two attached hydrogens (primary N) is 1. The van der Waals surface area contributed by atoms with E-state index in [-0.39, 0.29) is 34.0 Å². The number of hydrogen-bond donors (Lipinski definition) is 2. The summed E-state index contributed by atoms with van der Waals surface area (Å²) in [5.41, 5.74) is 6.57. The van der Waals surface area contributed by atoms with E-state index in [4.69, 9.17) is 5.73 Å². The van der Waals surface area contributed by atoms with E-state index in [1.54, 1.807) is 30.3 Å². The molecule has 0 unspecified atom stereocenters. The highest BCUT2D eigenvalue weighted by Crippen LogP contribution is 2.34. The van der Waals surface area contributed by atoms with Crippen molar-refractivity contribution in [1.82, 2.24) is 19.3 Å². The Bertz CT molecular complexity index is 1380. The van der Waals surface area contributed by atoms with Crippen LogP contribution in [0.15, 0.2) is 30.6 Å². The minimum atomic E-state index is -3.19. The van der Waals surface area contributed by atoms with Crippen molar-refractivity contribution >= 4 is 26.9 Å². The average Bonchev–Trinajstić information content (AvgIpc) is 3.66. The van der Waals surface area contributed by atoms with Gasteiger partial charge in [0.2, 0.25) is 16.0 Å². The summed E-state index contributed by atoms with van der Waals surface area (Å²) in [6.45, 7) is 4.46. The zero-order valence-corrected chi connectivity index (χ0v) is 20.4. The molecule has 0 amide bonds. The van der Waals surface area contributed by atoms with Crippen molar-refractivity contribution in [3.8, 4) is 11.3 Å². The van der Waals surface area contributed by atoms with Crippen molar-refractivity contribution < 1.29 is 17.2 Å². The number of aromatic nitrogens is 3. The zero-order chi connectivity index (χ0) is 25.0. The lowest BCUT2D eigenvalue weighted by Crippen LogP contribution is -2.43. The number of pyridine rings is 1. The SMILES string of the molecule is CC(C)(N)c1ccnc2c(F)cc(-c3nc(NC4CCN(S(=O)(=O)C5CC5)CC4)ncc3F)cc12. The Morgan fingerprint density at radius 1 is 1.09 bits per heavy atom. The third-order valence-corrected chi connectivity index (χ3v) is 9.00. The first-order valence-corrected chi connectivity index (χ1v) is 13.2. The van der Waals surface area contributed by atoms with Crippen molar-refractivity contribution in [2.75, 3.05) is 18.4 Å². The number of piperidine rings is 1. The van der Waals surface area contributed by atoms with Gasteiger partial charge in [-0.3, -0.25) is 4.98 Å². The van der Waals surface area contributed by atoms with E-state index in [0.717, 1.165) is 19.0 Å². The molecule has 35 heavy (non-hydrogen) atoms. The second-order valence-corrected chi connectivity index (χ2v) is 12.1. The third kappa shape index (κ3) is 4.72. The van der Waals surface area contributed by atoms with Gasteiger partial charge in [-0.2, -0.15) is 0 Å². The number of nitrogens with zero attached hydrogens (tertiary/aromatic N) is 4. The van der Waals surface area contributed by atoms with Crippen LogP contribution in [0.25, 0.3) is 22.2 Å². The summed E-state index contributed by atoms with van der Waals surface area (Å²) in [4.78, 5) is 12.5. The molecule has 1 saturated carbocycles. The Kier molecular flexibility index (Phi) is 5.97. The summed E-state index contributed by atoms with van der Waals surface area (Å²) in [5.74, 6) is -1.08. The van der Waals surface area contributed by atoms with E-state index in [2.05, 4.69) is 20.3 Å². The van der Waals surface area contributed by atoms with Crippen LogP contribution >= 0.6 is 0 Å². The van der Waals surface area contributed by atoms with Gasteiger partial charge in [-0.15, -0.1) is 0 Å². The molecule has 1 aliphatic heterocycles. The van der Waals surface area contributed by atoms with Gasteiger partial charge in [-0.05, 0) is 63.3 Å². The number of rotatable bonds is 6. The van der Waals surface area contributed by atoms with Crippen LogP contribution in [0.2, 0.25) is 0 Å². The Morgan fingerprint density at radius 2 is 1.80 bits per heavy atom. The minimum Gasteiger partial charge on any atom is -0.351 e. The van der Waals surface area contributed by atoms with Crippen molar-refractivity contribution in [2.24, 2.45) is 5.73 Å². The van der Waals surface area contributed by atoms with Gasteiger partial charge < -0.3 is 11.1 Å². The Labute approximate surface area is 203 Å². The van der Waals surface area contributed by atoms with E-state index in [0.29, 0.717) is 36.9 Å². The number of benzene rings is 1. The van der Waals surface area contributed by atoms with Gasteiger partial charge in [0.1, 0.15) is 17.0 Å². The molecule has 2 fully saturated rings. The van der Waals surface area contributed by atoms with E-state index in [9.17, 15) is 17.2 Å². The molecule has 0 atom stereocenters. The second kappa shape index (κ2) is 8.72. The first-order valence-electron chi connectivity index (χ1n) is 11.7. The number of nitrogens with one attached hydrogen (secondary N) is 1. The fourth-order valence-corrected chi connectivity index (χ4v) is 6.44. The van der Waals surface area contributed by atoms with Gasteiger partial charge in [-0.1, -0.05) is 0 Å². The molecule has 2 aliphatic rings. The Hall–Kier alpha value is -2.76. The highest BCUT2D eigenvalue weighted by atomic mass is 32.2. The predicted octanol–water partition coefficient (Wildman–Crippen LogP) is 3.53. The fraction of sp³-hybridized carbons (Fsp3) is 0.458. The molecule has 0 spiro atoms. The van der Waals surface area contributed by atoms with Gasteiger partial charge in [-0.25, -0.2) is 31.5 Å². The van der Waals surface area contributed by atoms with Crippen LogP contribution in [-0.4, -0.2) is 52.1 Å². The van der Waals surface area contributed by atoms with Crippen LogP contribution in [0, 0.1) is 11.6 Å². The number of halogens is 2. The van der Waals surface area contributed by atoms with Crippen LogP contribution < -0.4 is 11.1 Å². The molecule has 8 nitrogen and oxygen atoms in total. The first kappa shape index (κ1) is 24.0. The smallest absolute Gasteiger partial charge is 0.223 e. The van der Waals surface area contributed by atoms with Crippen LogP contribution in [0.3, 0.4) is 0 Å². The molecule has 1 aromatic carbocycles. The lowest BCUT2D eigenvalue weighted by atomic mass is 9.91. The van der Waals surface area contributed by atoms with Gasteiger partial charge in [0.15, 0.2) is 5.82 Å². The summed E-state index contributed by atoms with van der Waals surface area (Å²) in [5, 5.41) is 3.45. The fourth-order valence-electron chi connectivity index (χ4n) is 4.56. The van der Waals surface area contributed by atoms with E-state index in [1.807, 2.05) is 0 Å². The molecule has 2 aromatic heterocycles. The summed E-state index contributed by atoms with van der Waals surface area (Å²) in [6.07, 6.45) is 5.21. The molecule has 3 aromatic rings. The van der Waals surface area contributed by atoms with Gasteiger partial charge >= 0.3 is 0 Å². The van der Waals surface area contributed by atoms with Gasteiger partial charge in [0.05, 0.1) is 11.4 Å². The van der Waals surface area contributed by atoms with Crippen molar-refractivity contribution in [3.63, 3.8) is 0 Å². The quantitative estimate of drug-likeness (QED) is 0.530. The summed E-state index contributed by atoms with van der Waals surface area (Å²) in [7, 11) is -3.19.